The summed E-state index contributed by atoms with van der Waals surface area (Å²) in [5.41, 5.74) is 10.9. The molecule has 0 aromatic heterocycles. The van der Waals surface area contributed by atoms with Gasteiger partial charge < -0.3 is 73.8 Å². The normalized spacial score (nSPS) is 12.0. The van der Waals surface area contributed by atoms with Gasteiger partial charge in [-0.25, -0.2) is 0 Å². The zero-order valence-corrected chi connectivity index (χ0v) is 25.0. The largest absolute Gasteiger partial charge is 0.548 e. The standard InChI is InChI=1S/3C8H16N2O3.2H2O/c3*1-5(2)3-6(9)8(13)10-4-7(11)12;;/h3*5-6H,3-4,9H2,1-2H3,(H,10,13)(H,11,12);2*1H2/t3*6-;;/m000../s1. The highest BCUT2D eigenvalue weighted by molar-refractivity contribution is 5.84. The molecular weight excluding hydrogens is 548 g/mol. The molecule has 17 nitrogen and oxygen atoms in total. The summed E-state index contributed by atoms with van der Waals surface area (Å²) in [5, 5.41) is 36.7. The number of carboxylic acids is 3. The van der Waals surface area contributed by atoms with Gasteiger partial charge in [0.05, 0.1) is 37.5 Å². The van der Waals surface area contributed by atoms with Crippen LogP contribution in [-0.4, -0.2) is 84.3 Å². The van der Waals surface area contributed by atoms with E-state index >= 15 is 0 Å². The number of hydrogen-bond donors (Lipinski definition) is 6. The van der Waals surface area contributed by atoms with Gasteiger partial charge in [0.15, 0.2) is 18.1 Å². The predicted octanol–water partition coefficient (Wildman–Crippen LogP) is -9.12. The molecule has 0 aliphatic heterocycles. The van der Waals surface area contributed by atoms with Crippen molar-refractivity contribution in [1.29, 1.82) is 0 Å². The summed E-state index contributed by atoms with van der Waals surface area (Å²) in [6.45, 7) is 10.5. The Morgan fingerprint density at radius 2 is 0.659 bits per heavy atom. The van der Waals surface area contributed by atoms with Crippen LogP contribution in [0, 0.1) is 17.8 Å². The number of amides is 3. The minimum absolute atomic E-state index is 0. The molecule has 17 heteroatoms. The minimum Gasteiger partial charge on any atom is -0.548 e. The van der Waals surface area contributed by atoms with Gasteiger partial charge in [0, 0.05) is 19.3 Å². The van der Waals surface area contributed by atoms with Gasteiger partial charge in [0.1, 0.15) is 0 Å². The van der Waals surface area contributed by atoms with Crippen LogP contribution in [0.2, 0.25) is 0 Å². The zero-order chi connectivity index (χ0) is 31.3. The molecule has 3 amide bonds. The molecule has 0 saturated heterocycles. The summed E-state index contributed by atoms with van der Waals surface area (Å²) in [4.78, 5) is 63.4. The topological polar surface area (TPSA) is 354 Å². The fourth-order valence-electron chi connectivity index (χ4n) is 2.94. The molecule has 0 heterocycles. The van der Waals surface area contributed by atoms with E-state index < -0.39 is 37.5 Å². The lowest BCUT2D eigenvalue weighted by Crippen LogP contribution is -2.68. The second-order valence-corrected chi connectivity index (χ2v) is 10.2. The maximum absolute atomic E-state index is 11.1. The third kappa shape index (κ3) is 34.6. The molecule has 41 heavy (non-hydrogen) atoms. The van der Waals surface area contributed by atoms with E-state index in [1.54, 1.807) is 0 Å². The van der Waals surface area contributed by atoms with E-state index in [4.69, 9.17) is 0 Å². The highest BCUT2D eigenvalue weighted by atomic mass is 16.4. The number of rotatable bonds is 15. The lowest BCUT2D eigenvalue weighted by atomic mass is 10.0. The number of aliphatic carboxylic acids is 3. The summed E-state index contributed by atoms with van der Waals surface area (Å²) in [7, 11) is 0. The van der Waals surface area contributed by atoms with E-state index in [0.29, 0.717) is 37.0 Å². The first-order valence-corrected chi connectivity index (χ1v) is 12.7. The fourth-order valence-corrected chi connectivity index (χ4v) is 2.94. The molecule has 3 atom stereocenters. The van der Waals surface area contributed by atoms with E-state index in [-0.39, 0.29) is 46.8 Å². The van der Waals surface area contributed by atoms with Crippen molar-refractivity contribution in [2.75, 3.05) is 19.6 Å². The average molecular weight is 601 g/mol. The van der Waals surface area contributed by atoms with Gasteiger partial charge >= 0.3 is 0 Å². The number of carbonyl (C=O) groups excluding carboxylic acids is 6. The second kappa shape index (κ2) is 26.8. The van der Waals surface area contributed by atoms with Crippen LogP contribution in [0.3, 0.4) is 0 Å². The Labute approximate surface area is 240 Å². The number of nitrogens with one attached hydrogen (secondary N) is 3. The average Bonchev–Trinajstić information content (AvgIpc) is 2.78. The molecule has 0 aliphatic rings. The molecule has 0 bridgehead atoms. The van der Waals surface area contributed by atoms with Crippen molar-refractivity contribution in [3.05, 3.63) is 0 Å². The molecule has 0 fully saturated rings. The van der Waals surface area contributed by atoms with E-state index in [2.05, 4.69) is 33.2 Å². The number of quaternary nitrogens is 3. The number of carboxylic acid groups (broad SMARTS) is 3. The van der Waals surface area contributed by atoms with Gasteiger partial charge in [-0.05, 0) is 17.8 Å². The molecule has 0 aromatic rings. The summed E-state index contributed by atoms with van der Waals surface area (Å²) >= 11 is 0. The van der Waals surface area contributed by atoms with Crippen molar-refractivity contribution < 1.29 is 72.2 Å². The van der Waals surface area contributed by atoms with E-state index in [1.165, 1.54) is 0 Å². The lowest BCUT2D eigenvalue weighted by Gasteiger charge is -2.11. The smallest absolute Gasteiger partial charge is 0.278 e. The third-order valence-corrected chi connectivity index (χ3v) is 4.60. The molecular formula is C24H52N6O11. The van der Waals surface area contributed by atoms with Gasteiger partial charge in [-0.1, -0.05) is 41.5 Å². The predicted molar refractivity (Wildman–Crippen MR) is 140 cm³/mol. The fraction of sp³-hybridized carbons (Fsp3) is 0.750. The Morgan fingerprint density at radius 3 is 0.780 bits per heavy atom. The Morgan fingerprint density at radius 1 is 0.488 bits per heavy atom. The molecule has 0 rings (SSSR count). The van der Waals surface area contributed by atoms with Gasteiger partial charge in [0.25, 0.3) is 17.7 Å². The van der Waals surface area contributed by atoms with E-state index in [1.807, 2.05) is 41.5 Å². The Kier molecular flexibility index (Phi) is 31.0. The van der Waals surface area contributed by atoms with Crippen LogP contribution < -0.4 is 48.5 Å². The van der Waals surface area contributed by atoms with Crippen molar-refractivity contribution in [2.24, 2.45) is 17.8 Å². The van der Waals surface area contributed by atoms with Crippen molar-refractivity contribution in [2.45, 2.75) is 78.9 Å². The highest BCUT2D eigenvalue weighted by Gasteiger charge is 2.19. The van der Waals surface area contributed by atoms with Gasteiger partial charge in [-0.15, -0.1) is 0 Å². The first kappa shape index (κ1) is 47.4. The summed E-state index contributed by atoms with van der Waals surface area (Å²) < 4.78 is 0. The van der Waals surface area contributed by atoms with E-state index in [0.717, 1.165) is 0 Å². The van der Waals surface area contributed by atoms with Crippen LogP contribution >= 0.6 is 0 Å². The first-order chi connectivity index (χ1) is 17.8. The molecule has 0 spiro atoms. The number of carbonyl (C=O) groups is 6. The van der Waals surface area contributed by atoms with Gasteiger partial charge in [-0.3, -0.25) is 14.4 Å². The zero-order valence-electron chi connectivity index (χ0n) is 25.0. The minimum atomic E-state index is -1.29. The SMILES string of the molecule is CC(C)C[C@H]([NH3+])C(=O)NCC(=O)[O-].CC(C)C[C@H]([NH3+])C(=O)NCC(=O)[O-].CC(C)C[C@H]([NH3+])C(=O)NCC(=O)[O-].O.O. The maximum Gasteiger partial charge on any atom is 0.278 e. The van der Waals surface area contributed by atoms with Gasteiger partial charge in [0.2, 0.25) is 0 Å². The number of hydrogen-bond acceptors (Lipinski definition) is 9. The summed E-state index contributed by atoms with van der Waals surface area (Å²) in [6, 6.07) is -1.17. The maximum atomic E-state index is 11.1. The van der Waals surface area contributed by atoms with Crippen molar-refractivity contribution >= 4 is 35.6 Å². The summed E-state index contributed by atoms with van der Waals surface area (Å²) in [6.07, 6.45) is 1.96. The lowest BCUT2D eigenvalue weighted by molar-refractivity contribution is -0.407. The molecule has 0 unspecified atom stereocenters. The molecule has 244 valence electrons. The van der Waals surface area contributed by atoms with Crippen LogP contribution in [0.4, 0.5) is 0 Å². The molecule has 0 saturated carbocycles. The van der Waals surface area contributed by atoms with Crippen LogP contribution in [-0.2, 0) is 28.8 Å². The molecule has 16 N–H and O–H groups in total. The Balaban J connectivity index is -0.000000154. The van der Waals surface area contributed by atoms with Crippen LogP contribution in [0.25, 0.3) is 0 Å². The molecule has 0 radical (unpaired) electrons. The third-order valence-electron chi connectivity index (χ3n) is 4.60. The van der Waals surface area contributed by atoms with Crippen molar-refractivity contribution in [3.63, 3.8) is 0 Å². The molecule has 0 aromatic carbocycles. The van der Waals surface area contributed by atoms with Crippen LogP contribution in [0.15, 0.2) is 0 Å². The first-order valence-electron chi connectivity index (χ1n) is 12.7. The summed E-state index contributed by atoms with van der Waals surface area (Å²) in [5.74, 6) is -3.75. The molecule has 0 aliphatic carbocycles. The second-order valence-electron chi connectivity index (χ2n) is 10.2. The monoisotopic (exact) mass is 600 g/mol. The van der Waals surface area contributed by atoms with E-state index in [9.17, 15) is 44.1 Å². The van der Waals surface area contributed by atoms with Gasteiger partial charge in [-0.2, -0.15) is 0 Å². The van der Waals surface area contributed by atoms with Crippen LogP contribution in [0.1, 0.15) is 60.8 Å². The highest BCUT2D eigenvalue weighted by Crippen LogP contribution is 2.02. The van der Waals surface area contributed by atoms with Crippen molar-refractivity contribution in [3.8, 4) is 0 Å². The van der Waals surface area contributed by atoms with Crippen LogP contribution in [0.5, 0.6) is 0 Å². The van der Waals surface area contributed by atoms with Crippen molar-refractivity contribution in [1.82, 2.24) is 16.0 Å². The Bertz CT molecular complexity index is 679. The quantitative estimate of drug-likeness (QED) is 0.104. The Hall–Kier alpha value is -3.38.